The number of likely N-dealkylation sites (tertiary alicyclic amines) is 1. The Balaban J connectivity index is 1.27. The molecule has 0 aliphatic carbocycles. The molecule has 9 heteroatoms. The van der Waals surface area contributed by atoms with Crippen LogP contribution in [0.1, 0.15) is 29.9 Å². The van der Waals surface area contributed by atoms with E-state index in [1.165, 1.54) is 12.1 Å². The van der Waals surface area contributed by atoms with Crippen LogP contribution in [0.4, 0.5) is 18.9 Å². The number of halogens is 3. The molecule has 4 rings (SSSR count). The Hall–Kier alpha value is -3.20. The average molecular weight is 444 g/mol. The third-order valence-corrected chi connectivity index (χ3v) is 5.54. The number of alkyl halides is 3. The summed E-state index contributed by atoms with van der Waals surface area (Å²) >= 11 is 0. The van der Waals surface area contributed by atoms with Crippen molar-refractivity contribution >= 4 is 11.6 Å². The third-order valence-electron chi connectivity index (χ3n) is 5.54. The van der Waals surface area contributed by atoms with Crippen LogP contribution in [-0.2, 0) is 17.5 Å². The summed E-state index contributed by atoms with van der Waals surface area (Å²) in [4.78, 5) is 19.1. The number of nitrogens with one attached hydrogen (secondary N) is 1. The number of nitrogens with zero attached hydrogens (tertiary/aromatic N) is 3. The highest BCUT2D eigenvalue weighted by atomic mass is 19.4. The number of benzene rings is 2. The number of carbonyl (C=O) groups is 1. The number of aromatic nitrogens is 2. The van der Waals surface area contributed by atoms with E-state index in [9.17, 15) is 18.0 Å². The highest BCUT2D eigenvalue weighted by Gasteiger charge is 2.30. The Labute approximate surface area is 183 Å². The minimum atomic E-state index is -4.39. The lowest BCUT2D eigenvalue weighted by Crippen LogP contribution is -2.37. The van der Waals surface area contributed by atoms with Crippen molar-refractivity contribution in [1.29, 1.82) is 0 Å². The summed E-state index contributed by atoms with van der Waals surface area (Å²) in [7, 11) is 0. The fourth-order valence-electron chi connectivity index (χ4n) is 3.75. The lowest BCUT2D eigenvalue weighted by Gasteiger charge is -2.30. The van der Waals surface area contributed by atoms with Crippen LogP contribution in [0.15, 0.2) is 53.1 Å². The van der Waals surface area contributed by atoms with E-state index in [2.05, 4.69) is 20.4 Å². The van der Waals surface area contributed by atoms with Gasteiger partial charge in [-0.3, -0.25) is 9.69 Å². The second-order valence-corrected chi connectivity index (χ2v) is 8.00. The maximum absolute atomic E-state index is 12.7. The van der Waals surface area contributed by atoms with Crippen molar-refractivity contribution in [2.75, 3.05) is 18.4 Å². The summed E-state index contributed by atoms with van der Waals surface area (Å²) in [5.74, 6) is 0.701. The van der Waals surface area contributed by atoms with Gasteiger partial charge in [-0.25, -0.2) is 0 Å². The van der Waals surface area contributed by atoms with E-state index >= 15 is 0 Å². The van der Waals surface area contributed by atoms with E-state index in [-0.39, 0.29) is 11.8 Å². The maximum Gasteiger partial charge on any atom is 0.416 e. The van der Waals surface area contributed by atoms with Gasteiger partial charge in [0, 0.05) is 17.2 Å². The molecule has 1 aliphatic rings. The van der Waals surface area contributed by atoms with Gasteiger partial charge in [0.15, 0.2) is 0 Å². The molecule has 0 spiro atoms. The first-order valence-electron chi connectivity index (χ1n) is 10.4. The summed E-state index contributed by atoms with van der Waals surface area (Å²) in [6, 6.07) is 12.4. The molecule has 168 valence electrons. The molecule has 0 atom stereocenters. The highest BCUT2D eigenvalue weighted by molar-refractivity contribution is 5.92. The smallest absolute Gasteiger partial charge is 0.338 e. The normalized spacial score (nSPS) is 15.6. The number of amides is 1. The van der Waals surface area contributed by atoms with E-state index in [0.717, 1.165) is 23.3 Å². The monoisotopic (exact) mass is 444 g/mol. The van der Waals surface area contributed by atoms with E-state index in [0.29, 0.717) is 49.9 Å². The van der Waals surface area contributed by atoms with Crippen molar-refractivity contribution in [2.24, 2.45) is 5.92 Å². The molecule has 3 aromatic rings. The zero-order valence-electron chi connectivity index (χ0n) is 17.5. The standard InChI is InChI=1S/C23H23F3N4O2/c1-15-3-2-4-17(13-15)21-28-20(32-29-21)14-30-11-9-16(10-12-30)22(31)27-19-7-5-18(6-8-19)23(24,25)26/h2-8,13,16H,9-12,14H2,1H3,(H,27,31). The Morgan fingerprint density at radius 1 is 1.16 bits per heavy atom. The van der Waals surface area contributed by atoms with Crippen LogP contribution in [0.5, 0.6) is 0 Å². The quantitative estimate of drug-likeness (QED) is 0.605. The first-order chi connectivity index (χ1) is 15.3. The molecule has 0 bridgehead atoms. The molecule has 0 unspecified atom stereocenters. The molecule has 1 aliphatic heterocycles. The Bertz CT molecular complexity index is 1070. The van der Waals surface area contributed by atoms with Crippen molar-refractivity contribution in [1.82, 2.24) is 15.0 Å². The van der Waals surface area contributed by atoms with Crippen LogP contribution in [0.3, 0.4) is 0 Å². The van der Waals surface area contributed by atoms with Gasteiger partial charge in [-0.15, -0.1) is 0 Å². The second kappa shape index (κ2) is 9.12. The van der Waals surface area contributed by atoms with Crippen molar-refractivity contribution in [3.05, 3.63) is 65.5 Å². The molecule has 0 radical (unpaired) electrons. The van der Waals surface area contributed by atoms with Gasteiger partial charge in [0.25, 0.3) is 0 Å². The van der Waals surface area contributed by atoms with Gasteiger partial charge < -0.3 is 9.84 Å². The average Bonchev–Trinajstić information content (AvgIpc) is 3.22. The summed E-state index contributed by atoms with van der Waals surface area (Å²) in [5.41, 5.74) is 1.64. The molecule has 1 N–H and O–H groups in total. The molecule has 0 saturated carbocycles. The van der Waals surface area contributed by atoms with Gasteiger partial charge in [0.1, 0.15) is 0 Å². The summed E-state index contributed by atoms with van der Waals surface area (Å²) in [6.45, 7) is 3.88. The van der Waals surface area contributed by atoms with E-state index in [1.807, 2.05) is 31.2 Å². The molecule has 1 aromatic heterocycles. The van der Waals surface area contributed by atoms with Gasteiger partial charge in [-0.05, 0) is 63.2 Å². The third kappa shape index (κ3) is 5.34. The van der Waals surface area contributed by atoms with Gasteiger partial charge >= 0.3 is 6.18 Å². The van der Waals surface area contributed by atoms with Gasteiger partial charge in [0.05, 0.1) is 12.1 Å². The number of aryl methyl sites for hydroxylation is 1. The predicted octanol–water partition coefficient (Wildman–Crippen LogP) is 4.91. The van der Waals surface area contributed by atoms with Crippen molar-refractivity contribution < 1.29 is 22.5 Å². The second-order valence-electron chi connectivity index (χ2n) is 8.00. The molecule has 1 saturated heterocycles. The Morgan fingerprint density at radius 2 is 1.88 bits per heavy atom. The zero-order chi connectivity index (χ0) is 22.7. The van der Waals surface area contributed by atoms with Gasteiger partial charge in [-0.1, -0.05) is 28.9 Å². The summed E-state index contributed by atoms with van der Waals surface area (Å²) in [5, 5.41) is 6.77. The molecular formula is C23H23F3N4O2. The van der Waals surface area contributed by atoms with Crippen molar-refractivity contribution in [3.63, 3.8) is 0 Å². The number of carbonyl (C=O) groups excluding carboxylic acids is 1. The summed E-state index contributed by atoms with van der Waals surface area (Å²) in [6.07, 6.45) is -3.11. The molecule has 1 amide bonds. The van der Waals surface area contributed by atoms with E-state index < -0.39 is 11.7 Å². The SMILES string of the molecule is Cc1cccc(-c2noc(CN3CCC(C(=O)Nc4ccc(C(F)(F)F)cc4)CC3)n2)c1. The predicted molar refractivity (Wildman–Crippen MR) is 113 cm³/mol. The van der Waals surface area contributed by atoms with E-state index in [4.69, 9.17) is 4.52 Å². The maximum atomic E-state index is 12.7. The van der Waals surface area contributed by atoms with Crippen LogP contribution in [0, 0.1) is 12.8 Å². The topological polar surface area (TPSA) is 71.3 Å². The molecule has 1 fully saturated rings. The van der Waals surface area contributed by atoms with Crippen molar-refractivity contribution in [2.45, 2.75) is 32.5 Å². The minimum absolute atomic E-state index is 0.177. The Morgan fingerprint density at radius 3 is 2.53 bits per heavy atom. The molecule has 2 heterocycles. The first-order valence-corrected chi connectivity index (χ1v) is 10.4. The Kier molecular flexibility index (Phi) is 6.27. The van der Waals surface area contributed by atoms with Crippen molar-refractivity contribution in [3.8, 4) is 11.4 Å². The number of hydrogen-bond donors (Lipinski definition) is 1. The first kappa shape index (κ1) is 22.0. The number of hydrogen-bond acceptors (Lipinski definition) is 5. The zero-order valence-corrected chi connectivity index (χ0v) is 17.5. The van der Waals surface area contributed by atoms with Crippen LogP contribution in [-0.4, -0.2) is 34.0 Å². The lowest BCUT2D eigenvalue weighted by molar-refractivity contribution is -0.137. The lowest BCUT2D eigenvalue weighted by atomic mass is 9.96. The minimum Gasteiger partial charge on any atom is -0.338 e. The number of rotatable bonds is 5. The molecule has 2 aromatic carbocycles. The van der Waals surface area contributed by atoms with Gasteiger partial charge in [-0.2, -0.15) is 18.2 Å². The number of anilines is 1. The fraction of sp³-hybridized carbons (Fsp3) is 0.348. The van der Waals surface area contributed by atoms with Crippen LogP contribution in [0.2, 0.25) is 0 Å². The van der Waals surface area contributed by atoms with Gasteiger partial charge in [0.2, 0.25) is 17.6 Å². The van der Waals surface area contributed by atoms with Crippen LogP contribution >= 0.6 is 0 Å². The summed E-state index contributed by atoms with van der Waals surface area (Å²) < 4.78 is 43.4. The largest absolute Gasteiger partial charge is 0.416 e. The highest BCUT2D eigenvalue weighted by Crippen LogP contribution is 2.30. The van der Waals surface area contributed by atoms with Crippen LogP contribution in [0.25, 0.3) is 11.4 Å². The fourth-order valence-corrected chi connectivity index (χ4v) is 3.75. The van der Waals surface area contributed by atoms with Crippen LogP contribution < -0.4 is 5.32 Å². The molecule has 32 heavy (non-hydrogen) atoms. The molecule has 6 nitrogen and oxygen atoms in total. The molecular weight excluding hydrogens is 421 g/mol. The number of piperidine rings is 1. The van der Waals surface area contributed by atoms with E-state index in [1.54, 1.807) is 0 Å².